The molecule has 0 spiro atoms. The number of rotatable bonds is 7. The maximum absolute atomic E-state index is 11.2. The molecule has 0 radical (unpaired) electrons. The highest BCUT2D eigenvalue weighted by Crippen LogP contribution is 2.14. The van der Waals surface area contributed by atoms with Crippen LogP contribution in [-0.2, 0) is 15.3 Å². The molecule has 0 bridgehead atoms. The van der Waals surface area contributed by atoms with Crippen molar-refractivity contribution in [3.63, 3.8) is 0 Å². The van der Waals surface area contributed by atoms with Crippen molar-refractivity contribution >= 4 is 17.7 Å². The Morgan fingerprint density at radius 1 is 1.38 bits per heavy atom. The van der Waals surface area contributed by atoms with E-state index >= 15 is 0 Å². The van der Waals surface area contributed by atoms with Crippen molar-refractivity contribution in [2.45, 2.75) is 18.2 Å². The number of hydrogen-bond acceptors (Lipinski definition) is 5. The molecule has 1 aromatic carbocycles. The van der Waals surface area contributed by atoms with Crippen LogP contribution in [0.3, 0.4) is 0 Å². The summed E-state index contributed by atoms with van der Waals surface area (Å²) in [7, 11) is 1.35. The van der Waals surface area contributed by atoms with E-state index in [9.17, 15) is 4.79 Å². The average molecular weight is 305 g/mol. The SMILES string of the molecule is COC(=O)C(N)CCSCc1ccn(-c2ccccc2)n1. The third kappa shape index (κ3) is 4.61. The third-order valence-electron chi connectivity index (χ3n) is 2.99. The Morgan fingerprint density at radius 3 is 2.86 bits per heavy atom. The van der Waals surface area contributed by atoms with Crippen LogP contribution >= 0.6 is 11.8 Å². The zero-order valence-electron chi connectivity index (χ0n) is 11.9. The number of para-hydroxylation sites is 1. The lowest BCUT2D eigenvalue weighted by atomic mass is 10.2. The first-order valence-electron chi connectivity index (χ1n) is 6.72. The van der Waals surface area contributed by atoms with Crippen molar-refractivity contribution < 1.29 is 9.53 Å². The van der Waals surface area contributed by atoms with Crippen molar-refractivity contribution in [1.82, 2.24) is 9.78 Å². The summed E-state index contributed by atoms with van der Waals surface area (Å²) in [4.78, 5) is 11.2. The summed E-state index contributed by atoms with van der Waals surface area (Å²) in [6.07, 6.45) is 2.56. The molecule has 2 aromatic rings. The number of esters is 1. The molecule has 21 heavy (non-hydrogen) atoms. The number of hydrogen-bond donors (Lipinski definition) is 1. The molecule has 1 heterocycles. The van der Waals surface area contributed by atoms with Gasteiger partial charge in [-0.05, 0) is 30.4 Å². The molecule has 1 aromatic heterocycles. The van der Waals surface area contributed by atoms with E-state index in [0.29, 0.717) is 6.42 Å². The summed E-state index contributed by atoms with van der Waals surface area (Å²) in [5.41, 5.74) is 7.73. The second-order valence-corrected chi connectivity index (χ2v) is 5.66. The summed E-state index contributed by atoms with van der Waals surface area (Å²) in [6, 6.07) is 11.4. The van der Waals surface area contributed by atoms with Gasteiger partial charge in [0.2, 0.25) is 0 Å². The number of thioether (sulfide) groups is 1. The van der Waals surface area contributed by atoms with E-state index in [1.54, 1.807) is 11.8 Å². The van der Waals surface area contributed by atoms with Crippen LogP contribution in [0.15, 0.2) is 42.6 Å². The normalized spacial score (nSPS) is 12.1. The first-order valence-corrected chi connectivity index (χ1v) is 7.87. The van der Waals surface area contributed by atoms with Gasteiger partial charge in [-0.25, -0.2) is 4.68 Å². The van der Waals surface area contributed by atoms with Crippen LogP contribution in [0.5, 0.6) is 0 Å². The molecule has 112 valence electrons. The van der Waals surface area contributed by atoms with Gasteiger partial charge in [0.15, 0.2) is 0 Å². The zero-order chi connectivity index (χ0) is 15.1. The summed E-state index contributed by atoms with van der Waals surface area (Å²) >= 11 is 1.71. The van der Waals surface area contributed by atoms with E-state index < -0.39 is 6.04 Å². The molecule has 5 nitrogen and oxygen atoms in total. The minimum absolute atomic E-state index is 0.357. The van der Waals surface area contributed by atoms with Crippen LogP contribution in [0, 0.1) is 0 Å². The first kappa shape index (κ1) is 15.6. The van der Waals surface area contributed by atoms with Gasteiger partial charge >= 0.3 is 5.97 Å². The lowest BCUT2D eigenvalue weighted by Gasteiger charge is -2.07. The number of nitrogens with zero attached hydrogens (tertiary/aromatic N) is 2. The van der Waals surface area contributed by atoms with Crippen molar-refractivity contribution in [2.75, 3.05) is 12.9 Å². The molecule has 1 unspecified atom stereocenters. The number of methoxy groups -OCH3 is 1. The van der Waals surface area contributed by atoms with Gasteiger partial charge in [0.25, 0.3) is 0 Å². The number of ether oxygens (including phenoxy) is 1. The summed E-state index contributed by atoms with van der Waals surface area (Å²) in [6.45, 7) is 0. The highest BCUT2D eigenvalue weighted by Gasteiger charge is 2.12. The molecule has 0 saturated carbocycles. The smallest absolute Gasteiger partial charge is 0.322 e. The number of carbonyl (C=O) groups excluding carboxylic acids is 1. The van der Waals surface area contributed by atoms with E-state index in [-0.39, 0.29) is 5.97 Å². The molecule has 0 amide bonds. The molecular formula is C15H19N3O2S. The van der Waals surface area contributed by atoms with Gasteiger partial charge in [-0.15, -0.1) is 0 Å². The Bertz CT molecular complexity index is 571. The van der Waals surface area contributed by atoms with Crippen molar-refractivity contribution in [3.8, 4) is 5.69 Å². The van der Waals surface area contributed by atoms with Gasteiger partial charge in [-0.2, -0.15) is 16.9 Å². The van der Waals surface area contributed by atoms with Crippen LogP contribution in [-0.4, -0.2) is 34.7 Å². The lowest BCUT2D eigenvalue weighted by molar-refractivity contribution is -0.142. The Balaban J connectivity index is 1.77. The predicted molar refractivity (Wildman–Crippen MR) is 84.3 cm³/mol. The fraction of sp³-hybridized carbons (Fsp3) is 0.333. The van der Waals surface area contributed by atoms with E-state index in [1.807, 2.05) is 47.3 Å². The minimum Gasteiger partial charge on any atom is -0.468 e. The number of benzene rings is 1. The highest BCUT2D eigenvalue weighted by molar-refractivity contribution is 7.98. The Labute approximate surface area is 128 Å². The minimum atomic E-state index is -0.538. The quantitative estimate of drug-likeness (QED) is 0.626. The molecule has 6 heteroatoms. The number of aromatic nitrogens is 2. The molecule has 1 atom stereocenters. The van der Waals surface area contributed by atoms with Gasteiger partial charge in [0, 0.05) is 11.9 Å². The fourth-order valence-electron chi connectivity index (χ4n) is 1.82. The second-order valence-electron chi connectivity index (χ2n) is 4.56. The van der Waals surface area contributed by atoms with Gasteiger partial charge in [0.05, 0.1) is 18.5 Å². The first-order chi connectivity index (χ1) is 10.2. The van der Waals surface area contributed by atoms with Gasteiger partial charge in [-0.1, -0.05) is 18.2 Å². The summed E-state index contributed by atoms with van der Waals surface area (Å²) in [5.74, 6) is 1.24. The molecule has 2 rings (SSSR count). The standard InChI is InChI=1S/C15H19N3O2S/c1-20-15(19)14(16)8-10-21-11-12-7-9-18(17-12)13-5-3-2-4-6-13/h2-7,9,14H,8,10-11,16H2,1H3. The van der Waals surface area contributed by atoms with E-state index in [2.05, 4.69) is 9.84 Å². The van der Waals surface area contributed by atoms with Crippen LogP contribution in [0.2, 0.25) is 0 Å². The van der Waals surface area contributed by atoms with E-state index in [4.69, 9.17) is 5.73 Å². The van der Waals surface area contributed by atoms with Crippen LogP contribution in [0.4, 0.5) is 0 Å². The van der Waals surface area contributed by atoms with Crippen molar-refractivity contribution in [2.24, 2.45) is 5.73 Å². The average Bonchev–Trinajstić information content (AvgIpc) is 3.00. The Kier molecular flexibility index (Phi) is 5.83. The topological polar surface area (TPSA) is 70.1 Å². The lowest BCUT2D eigenvalue weighted by Crippen LogP contribution is -2.31. The van der Waals surface area contributed by atoms with Crippen LogP contribution in [0.25, 0.3) is 5.69 Å². The molecule has 2 N–H and O–H groups in total. The number of carbonyl (C=O) groups is 1. The monoisotopic (exact) mass is 305 g/mol. The van der Waals surface area contributed by atoms with Crippen LogP contribution < -0.4 is 5.73 Å². The third-order valence-corrected chi connectivity index (χ3v) is 4.02. The highest BCUT2D eigenvalue weighted by atomic mass is 32.2. The maximum Gasteiger partial charge on any atom is 0.322 e. The maximum atomic E-state index is 11.2. The Morgan fingerprint density at radius 2 is 2.14 bits per heavy atom. The van der Waals surface area contributed by atoms with E-state index in [1.165, 1.54) is 7.11 Å². The van der Waals surface area contributed by atoms with Crippen molar-refractivity contribution in [1.29, 1.82) is 0 Å². The largest absolute Gasteiger partial charge is 0.468 e. The molecule has 0 aliphatic rings. The fourth-order valence-corrected chi connectivity index (χ4v) is 2.75. The molecular weight excluding hydrogens is 286 g/mol. The summed E-state index contributed by atoms with van der Waals surface area (Å²) < 4.78 is 6.45. The predicted octanol–water partition coefficient (Wildman–Crippen LogP) is 2.00. The molecule has 0 fully saturated rings. The van der Waals surface area contributed by atoms with E-state index in [0.717, 1.165) is 22.9 Å². The molecule has 0 aliphatic heterocycles. The molecule has 0 saturated heterocycles. The van der Waals surface area contributed by atoms with Crippen molar-refractivity contribution in [3.05, 3.63) is 48.3 Å². The van der Waals surface area contributed by atoms with Gasteiger partial charge in [0.1, 0.15) is 6.04 Å². The van der Waals surface area contributed by atoms with Gasteiger partial charge < -0.3 is 10.5 Å². The van der Waals surface area contributed by atoms with Crippen LogP contribution in [0.1, 0.15) is 12.1 Å². The second kappa shape index (κ2) is 7.85. The zero-order valence-corrected chi connectivity index (χ0v) is 12.8. The molecule has 0 aliphatic carbocycles. The summed E-state index contributed by atoms with van der Waals surface area (Å²) in [5, 5.41) is 4.52. The Hall–Kier alpha value is -1.79. The van der Waals surface area contributed by atoms with Gasteiger partial charge in [-0.3, -0.25) is 4.79 Å². The number of nitrogens with two attached hydrogens (primary N) is 1.